The summed E-state index contributed by atoms with van der Waals surface area (Å²) in [6.45, 7) is -0.138. The van der Waals surface area contributed by atoms with Crippen LogP contribution in [0.15, 0.2) is 72.1 Å². The lowest BCUT2D eigenvalue weighted by molar-refractivity contribution is -0.384. The first-order valence-corrected chi connectivity index (χ1v) is 9.59. The molecule has 29 heavy (non-hydrogen) atoms. The fraction of sp³-hybridized carbons (Fsp3) is 0.0476. The number of non-ortho nitro benzene ring substituents is 1. The van der Waals surface area contributed by atoms with E-state index in [1.807, 2.05) is 42.5 Å². The molecule has 0 saturated carbocycles. The van der Waals surface area contributed by atoms with Crippen LogP contribution in [0.25, 0.3) is 22.0 Å². The Bertz CT molecular complexity index is 1180. The number of fused-ring (bicyclic) bond motifs is 1. The minimum atomic E-state index is -0.452. The number of rotatable bonds is 6. The lowest BCUT2D eigenvalue weighted by Crippen LogP contribution is -2.20. The van der Waals surface area contributed by atoms with E-state index < -0.39 is 4.92 Å². The lowest BCUT2D eigenvalue weighted by atomic mass is 10.1. The number of aromatic nitrogens is 1. The van der Waals surface area contributed by atoms with Crippen molar-refractivity contribution < 1.29 is 14.5 Å². The second-order valence-electron chi connectivity index (χ2n) is 6.16. The minimum absolute atomic E-state index is 0.0168. The Balaban J connectivity index is 1.39. The second-order valence-corrected chi connectivity index (χ2v) is 7.01. The van der Waals surface area contributed by atoms with Crippen LogP contribution >= 0.6 is 11.3 Å². The highest BCUT2D eigenvalue weighted by atomic mass is 32.1. The number of ether oxygens (including phenoxy) is 1. The van der Waals surface area contributed by atoms with Gasteiger partial charge in [-0.15, -0.1) is 11.3 Å². The molecule has 0 fully saturated rings. The number of nitro groups is 1. The van der Waals surface area contributed by atoms with Gasteiger partial charge in [-0.25, -0.2) is 4.98 Å². The molecule has 1 heterocycles. The largest absolute Gasteiger partial charge is 0.483 e. The summed E-state index contributed by atoms with van der Waals surface area (Å²) in [7, 11) is 0. The molecular formula is C21H15N3O4S. The first kappa shape index (κ1) is 18.6. The third-order valence-corrected chi connectivity index (χ3v) is 4.99. The summed E-state index contributed by atoms with van der Waals surface area (Å²) in [5.74, 6) is 0.325. The number of amides is 1. The molecule has 0 aliphatic heterocycles. The van der Waals surface area contributed by atoms with Crippen LogP contribution in [0.5, 0.6) is 5.75 Å². The molecule has 144 valence electrons. The standard InChI is InChI=1S/C21H15N3O4S/c25-20(12-28-19-7-3-5-14-4-1-2-6-17(14)19)23-21-22-18(13-29-21)15-8-10-16(11-9-15)24(26)27/h1-11,13H,12H2,(H,22,23,25). The number of carbonyl (C=O) groups excluding carboxylic acids is 1. The highest BCUT2D eigenvalue weighted by molar-refractivity contribution is 7.14. The minimum Gasteiger partial charge on any atom is -0.483 e. The van der Waals surface area contributed by atoms with Crippen molar-refractivity contribution in [2.45, 2.75) is 0 Å². The van der Waals surface area contributed by atoms with Gasteiger partial charge in [-0.3, -0.25) is 20.2 Å². The van der Waals surface area contributed by atoms with Crippen molar-refractivity contribution in [3.05, 3.63) is 82.2 Å². The van der Waals surface area contributed by atoms with Crippen LogP contribution in [0.2, 0.25) is 0 Å². The summed E-state index contributed by atoms with van der Waals surface area (Å²) in [6.07, 6.45) is 0. The van der Waals surface area contributed by atoms with Gasteiger partial charge in [0, 0.05) is 28.5 Å². The van der Waals surface area contributed by atoms with Crippen LogP contribution in [0.1, 0.15) is 0 Å². The van der Waals surface area contributed by atoms with Crippen LogP contribution < -0.4 is 10.1 Å². The molecular weight excluding hydrogens is 390 g/mol. The Morgan fingerprint density at radius 1 is 1.07 bits per heavy atom. The van der Waals surface area contributed by atoms with E-state index in [0.717, 1.165) is 16.3 Å². The molecule has 0 saturated heterocycles. The molecule has 7 nitrogen and oxygen atoms in total. The van der Waals surface area contributed by atoms with Crippen molar-refractivity contribution in [3.63, 3.8) is 0 Å². The summed E-state index contributed by atoms with van der Waals surface area (Å²) in [5.41, 5.74) is 1.39. The predicted octanol–water partition coefficient (Wildman–Crippen LogP) is 4.89. The van der Waals surface area contributed by atoms with E-state index in [9.17, 15) is 14.9 Å². The molecule has 1 amide bonds. The van der Waals surface area contributed by atoms with E-state index in [1.165, 1.54) is 23.5 Å². The zero-order valence-electron chi connectivity index (χ0n) is 15.1. The second kappa shape index (κ2) is 8.07. The average Bonchev–Trinajstić information content (AvgIpc) is 3.20. The van der Waals surface area contributed by atoms with Crippen molar-refractivity contribution in [2.24, 2.45) is 0 Å². The first-order chi connectivity index (χ1) is 14.1. The van der Waals surface area contributed by atoms with Crippen LogP contribution in [0.3, 0.4) is 0 Å². The molecule has 0 aliphatic carbocycles. The number of carbonyl (C=O) groups is 1. The van der Waals surface area contributed by atoms with Gasteiger partial charge in [-0.05, 0) is 23.6 Å². The molecule has 0 bridgehead atoms. The highest BCUT2D eigenvalue weighted by Gasteiger charge is 2.11. The average molecular weight is 405 g/mol. The summed E-state index contributed by atoms with van der Waals surface area (Å²) >= 11 is 1.27. The predicted molar refractivity (Wildman–Crippen MR) is 112 cm³/mol. The molecule has 0 unspecified atom stereocenters. The number of hydrogen-bond donors (Lipinski definition) is 1. The Kier molecular flexibility index (Phi) is 5.17. The highest BCUT2D eigenvalue weighted by Crippen LogP contribution is 2.27. The van der Waals surface area contributed by atoms with E-state index in [2.05, 4.69) is 10.3 Å². The zero-order valence-corrected chi connectivity index (χ0v) is 15.9. The summed E-state index contributed by atoms with van der Waals surface area (Å²) in [4.78, 5) is 26.9. The Hall–Kier alpha value is -3.78. The van der Waals surface area contributed by atoms with Gasteiger partial charge in [0.05, 0.1) is 10.6 Å². The number of benzene rings is 3. The summed E-state index contributed by atoms with van der Waals surface area (Å²) in [5, 5.41) is 17.7. The molecule has 4 aromatic rings. The Labute approximate surface area is 169 Å². The van der Waals surface area contributed by atoms with Crippen molar-refractivity contribution in [1.82, 2.24) is 4.98 Å². The van der Waals surface area contributed by atoms with Crippen molar-refractivity contribution in [3.8, 4) is 17.0 Å². The van der Waals surface area contributed by atoms with Gasteiger partial charge in [0.15, 0.2) is 11.7 Å². The molecule has 1 aromatic heterocycles. The summed E-state index contributed by atoms with van der Waals surface area (Å²) < 4.78 is 5.68. The maximum Gasteiger partial charge on any atom is 0.269 e. The van der Waals surface area contributed by atoms with Gasteiger partial charge in [0.1, 0.15) is 5.75 Å². The van der Waals surface area contributed by atoms with E-state index in [-0.39, 0.29) is 18.2 Å². The van der Waals surface area contributed by atoms with Gasteiger partial charge in [0.25, 0.3) is 11.6 Å². The third-order valence-electron chi connectivity index (χ3n) is 4.23. The van der Waals surface area contributed by atoms with Gasteiger partial charge >= 0.3 is 0 Å². The van der Waals surface area contributed by atoms with Crippen LogP contribution in [-0.4, -0.2) is 22.4 Å². The Morgan fingerprint density at radius 2 is 1.83 bits per heavy atom. The first-order valence-electron chi connectivity index (χ1n) is 8.71. The van der Waals surface area contributed by atoms with E-state index in [0.29, 0.717) is 16.6 Å². The lowest BCUT2D eigenvalue weighted by Gasteiger charge is -2.08. The number of nitrogens with one attached hydrogen (secondary N) is 1. The van der Waals surface area contributed by atoms with Gasteiger partial charge in [-0.2, -0.15) is 0 Å². The number of anilines is 1. The van der Waals surface area contributed by atoms with Gasteiger partial charge < -0.3 is 4.74 Å². The third kappa shape index (κ3) is 4.22. The maximum atomic E-state index is 12.2. The number of hydrogen-bond acceptors (Lipinski definition) is 6. The van der Waals surface area contributed by atoms with Crippen LogP contribution in [-0.2, 0) is 4.79 Å². The maximum absolute atomic E-state index is 12.2. The fourth-order valence-electron chi connectivity index (χ4n) is 2.84. The van der Waals surface area contributed by atoms with Crippen molar-refractivity contribution >= 4 is 38.8 Å². The SMILES string of the molecule is O=C(COc1cccc2ccccc12)Nc1nc(-c2ccc([N+](=O)[O-])cc2)cs1. The number of thiazole rings is 1. The molecule has 8 heteroatoms. The van der Waals surface area contributed by atoms with E-state index in [1.54, 1.807) is 17.5 Å². The van der Waals surface area contributed by atoms with Crippen LogP contribution in [0.4, 0.5) is 10.8 Å². The van der Waals surface area contributed by atoms with E-state index in [4.69, 9.17) is 4.74 Å². The number of nitro benzene ring substituents is 1. The Morgan fingerprint density at radius 3 is 2.62 bits per heavy atom. The monoisotopic (exact) mass is 405 g/mol. The molecule has 4 rings (SSSR count). The van der Waals surface area contributed by atoms with Gasteiger partial charge in [-0.1, -0.05) is 36.4 Å². The molecule has 0 radical (unpaired) electrons. The molecule has 1 N–H and O–H groups in total. The van der Waals surface area contributed by atoms with Gasteiger partial charge in [0.2, 0.25) is 0 Å². The molecule has 0 spiro atoms. The summed E-state index contributed by atoms with van der Waals surface area (Å²) in [6, 6.07) is 19.6. The topological polar surface area (TPSA) is 94.4 Å². The quantitative estimate of drug-likeness (QED) is 0.364. The molecule has 0 aliphatic rings. The molecule has 3 aromatic carbocycles. The van der Waals surface area contributed by atoms with Crippen molar-refractivity contribution in [2.75, 3.05) is 11.9 Å². The van der Waals surface area contributed by atoms with Crippen LogP contribution in [0, 0.1) is 10.1 Å². The molecule has 0 atom stereocenters. The zero-order chi connectivity index (χ0) is 20.2. The smallest absolute Gasteiger partial charge is 0.269 e. The van der Waals surface area contributed by atoms with E-state index >= 15 is 0 Å². The number of nitrogens with zero attached hydrogens (tertiary/aromatic N) is 2. The van der Waals surface area contributed by atoms with Crippen molar-refractivity contribution in [1.29, 1.82) is 0 Å². The fourth-order valence-corrected chi connectivity index (χ4v) is 3.57. The normalized spacial score (nSPS) is 10.6.